The number of likely N-dealkylation sites (tertiary alicyclic amines) is 1. The fourth-order valence-electron chi connectivity index (χ4n) is 2.83. The first-order valence-corrected chi connectivity index (χ1v) is 7.98. The highest BCUT2D eigenvalue weighted by Crippen LogP contribution is 2.22. The summed E-state index contributed by atoms with van der Waals surface area (Å²) < 4.78 is 0. The van der Waals surface area contributed by atoms with Gasteiger partial charge in [0, 0.05) is 24.6 Å². The highest BCUT2D eigenvalue weighted by atomic mass is 35.5. The van der Waals surface area contributed by atoms with E-state index in [1.165, 1.54) is 5.56 Å². The fourth-order valence-corrected chi connectivity index (χ4v) is 2.83. The Hall–Kier alpha value is -0.610. The first-order valence-electron chi connectivity index (χ1n) is 7.98. The van der Waals surface area contributed by atoms with Crippen molar-refractivity contribution in [3.8, 4) is 0 Å². The lowest BCUT2D eigenvalue weighted by Gasteiger charge is -2.19. The van der Waals surface area contributed by atoms with Crippen LogP contribution in [-0.4, -0.2) is 36.4 Å². The number of halogens is 2. The van der Waals surface area contributed by atoms with Crippen molar-refractivity contribution in [2.24, 2.45) is 5.73 Å². The summed E-state index contributed by atoms with van der Waals surface area (Å²) in [6, 6.07) is 8.41. The fraction of sp³-hybridized carbons (Fsp3) is 0.611. The molecule has 3 nitrogen and oxygen atoms in total. The lowest BCUT2D eigenvalue weighted by molar-refractivity contribution is 0.0976. The molecule has 0 spiro atoms. The SMILES string of the molecule is CC(C)(C)c1ccc(C(=O)CCCN2CCC(N)C2)cc1.Cl.Cl. The van der Waals surface area contributed by atoms with E-state index in [-0.39, 0.29) is 36.0 Å². The largest absolute Gasteiger partial charge is 0.326 e. The maximum Gasteiger partial charge on any atom is 0.162 e. The summed E-state index contributed by atoms with van der Waals surface area (Å²) in [5.74, 6) is 0.249. The third-order valence-corrected chi connectivity index (χ3v) is 4.26. The molecule has 1 saturated heterocycles. The van der Waals surface area contributed by atoms with Crippen molar-refractivity contribution in [1.82, 2.24) is 4.90 Å². The maximum atomic E-state index is 12.2. The van der Waals surface area contributed by atoms with E-state index in [2.05, 4.69) is 37.8 Å². The second kappa shape index (κ2) is 9.63. The minimum Gasteiger partial charge on any atom is -0.326 e. The molecule has 1 fully saturated rings. The van der Waals surface area contributed by atoms with Gasteiger partial charge in [-0.3, -0.25) is 4.79 Å². The number of hydrogen-bond donors (Lipinski definition) is 1. The van der Waals surface area contributed by atoms with Gasteiger partial charge in [-0.2, -0.15) is 0 Å². The Kier molecular flexibility index (Phi) is 9.37. The van der Waals surface area contributed by atoms with E-state index in [1.807, 2.05) is 12.1 Å². The zero-order chi connectivity index (χ0) is 15.5. The molecular formula is C18H30Cl2N2O. The summed E-state index contributed by atoms with van der Waals surface area (Å²) in [7, 11) is 0. The molecule has 1 unspecified atom stereocenters. The molecule has 0 aromatic heterocycles. The topological polar surface area (TPSA) is 46.3 Å². The smallest absolute Gasteiger partial charge is 0.162 e. The third kappa shape index (κ3) is 6.80. The number of benzene rings is 1. The molecule has 1 aliphatic rings. The molecule has 2 rings (SSSR count). The van der Waals surface area contributed by atoms with Gasteiger partial charge in [0.25, 0.3) is 0 Å². The monoisotopic (exact) mass is 360 g/mol. The van der Waals surface area contributed by atoms with Crippen molar-refractivity contribution in [1.29, 1.82) is 0 Å². The molecule has 0 saturated carbocycles. The zero-order valence-electron chi connectivity index (χ0n) is 14.4. The van der Waals surface area contributed by atoms with Gasteiger partial charge < -0.3 is 10.6 Å². The van der Waals surface area contributed by atoms with Crippen molar-refractivity contribution in [2.45, 2.75) is 51.5 Å². The predicted molar refractivity (Wildman–Crippen MR) is 102 cm³/mol. The molecule has 0 bridgehead atoms. The van der Waals surface area contributed by atoms with Gasteiger partial charge in [0.15, 0.2) is 5.78 Å². The number of ketones is 1. The molecule has 0 radical (unpaired) electrons. The minimum atomic E-state index is 0. The van der Waals surface area contributed by atoms with Gasteiger partial charge in [0.05, 0.1) is 0 Å². The molecule has 132 valence electrons. The van der Waals surface area contributed by atoms with Crippen LogP contribution in [0.25, 0.3) is 0 Å². The summed E-state index contributed by atoms with van der Waals surface area (Å²) in [6.07, 6.45) is 2.63. The van der Waals surface area contributed by atoms with Gasteiger partial charge in [-0.15, -0.1) is 24.8 Å². The van der Waals surface area contributed by atoms with E-state index in [4.69, 9.17) is 5.73 Å². The Morgan fingerprint density at radius 2 is 1.83 bits per heavy atom. The molecule has 1 heterocycles. The van der Waals surface area contributed by atoms with Gasteiger partial charge in [0.1, 0.15) is 0 Å². The van der Waals surface area contributed by atoms with E-state index in [9.17, 15) is 4.79 Å². The Balaban J connectivity index is 0.00000242. The van der Waals surface area contributed by atoms with E-state index in [0.717, 1.165) is 38.0 Å². The van der Waals surface area contributed by atoms with Crippen LogP contribution in [0.15, 0.2) is 24.3 Å². The first kappa shape index (κ1) is 22.4. The number of Topliss-reactive ketones (excluding diaryl/α,β-unsaturated/α-hetero) is 1. The van der Waals surface area contributed by atoms with E-state index in [0.29, 0.717) is 12.5 Å². The standard InChI is InChI=1S/C18H28N2O.2ClH/c1-18(2,3)15-8-6-14(7-9-15)17(21)5-4-11-20-12-10-16(19)13-20;;/h6-9,16H,4-5,10-13,19H2,1-3H3;2*1H. The summed E-state index contributed by atoms with van der Waals surface area (Å²) in [6.45, 7) is 9.60. The molecule has 1 aromatic rings. The molecule has 0 aliphatic carbocycles. The number of nitrogens with two attached hydrogens (primary N) is 1. The first-order chi connectivity index (χ1) is 9.86. The van der Waals surface area contributed by atoms with Gasteiger partial charge >= 0.3 is 0 Å². The van der Waals surface area contributed by atoms with Crippen LogP contribution in [0.4, 0.5) is 0 Å². The Morgan fingerprint density at radius 3 is 2.30 bits per heavy atom. The summed E-state index contributed by atoms with van der Waals surface area (Å²) >= 11 is 0. The van der Waals surface area contributed by atoms with Gasteiger partial charge in [-0.1, -0.05) is 45.0 Å². The molecule has 0 amide bonds. The Morgan fingerprint density at radius 1 is 1.22 bits per heavy atom. The Bertz CT molecular complexity index is 483. The molecule has 1 aliphatic heterocycles. The van der Waals surface area contributed by atoms with Crippen molar-refractivity contribution >= 4 is 30.6 Å². The number of rotatable bonds is 5. The van der Waals surface area contributed by atoms with Crippen LogP contribution < -0.4 is 5.73 Å². The van der Waals surface area contributed by atoms with Crippen LogP contribution >= 0.6 is 24.8 Å². The van der Waals surface area contributed by atoms with Crippen LogP contribution in [0.2, 0.25) is 0 Å². The van der Waals surface area contributed by atoms with Crippen LogP contribution in [0.3, 0.4) is 0 Å². The average molecular weight is 361 g/mol. The second-order valence-corrected chi connectivity index (χ2v) is 7.20. The van der Waals surface area contributed by atoms with Crippen molar-refractivity contribution in [2.75, 3.05) is 19.6 Å². The van der Waals surface area contributed by atoms with Gasteiger partial charge in [-0.05, 0) is 36.9 Å². The summed E-state index contributed by atoms with van der Waals surface area (Å²) in [5.41, 5.74) is 8.13. The summed E-state index contributed by atoms with van der Waals surface area (Å²) in [5, 5.41) is 0. The number of carbonyl (C=O) groups is 1. The molecule has 1 aromatic carbocycles. The van der Waals surface area contributed by atoms with E-state index >= 15 is 0 Å². The normalized spacial score (nSPS) is 18.2. The number of hydrogen-bond acceptors (Lipinski definition) is 3. The maximum absolute atomic E-state index is 12.2. The van der Waals surface area contributed by atoms with E-state index in [1.54, 1.807) is 0 Å². The van der Waals surface area contributed by atoms with Crippen LogP contribution in [-0.2, 0) is 5.41 Å². The highest BCUT2D eigenvalue weighted by molar-refractivity contribution is 5.96. The minimum absolute atomic E-state index is 0. The molecular weight excluding hydrogens is 331 g/mol. The van der Waals surface area contributed by atoms with Crippen molar-refractivity contribution in [3.63, 3.8) is 0 Å². The van der Waals surface area contributed by atoms with Crippen molar-refractivity contribution in [3.05, 3.63) is 35.4 Å². The molecule has 2 N–H and O–H groups in total. The van der Waals surface area contributed by atoms with Gasteiger partial charge in [0.2, 0.25) is 0 Å². The quantitative estimate of drug-likeness (QED) is 0.811. The van der Waals surface area contributed by atoms with Crippen LogP contribution in [0.1, 0.15) is 56.0 Å². The van der Waals surface area contributed by atoms with Gasteiger partial charge in [-0.25, -0.2) is 0 Å². The third-order valence-electron chi connectivity index (χ3n) is 4.26. The molecule has 1 atom stereocenters. The number of carbonyl (C=O) groups excluding carboxylic acids is 1. The molecule has 23 heavy (non-hydrogen) atoms. The second-order valence-electron chi connectivity index (χ2n) is 7.20. The van der Waals surface area contributed by atoms with Crippen molar-refractivity contribution < 1.29 is 4.79 Å². The highest BCUT2D eigenvalue weighted by Gasteiger charge is 2.19. The average Bonchev–Trinajstić information content (AvgIpc) is 2.83. The Labute approximate surface area is 152 Å². The lowest BCUT2D eigenvalue weighted by Crippen LogP contribution is -2.27. The van der Waals surface area contributed by atoms with E-state index < -0.39 is 0 Å². The predicted octanol–water partition coefficient (Wildman–Crippen LogP) is 3.82. The lowest BCUT2D eigenvalue weighted by atomic mass is 9.86. The van der Waals surface area contributed by atoms with Crippen LogP contribution in [0.5, 0.6) is 0 Å². The summed E-state index contributed by atoms with van der Waals surface area (Å²) in [4.78, 5) is 14.6. The van der Waals surface area contributed by atoms with Crippen LogP contribution in [0, 0.1) is 0 Å². The molecule has 5 heteroatoms. The number of nitrogens with zero attached hydrogens (tertiary/aromatic N) is 1. The zero-order valence-corrected chi connectivity index (χ0v) is 16.0.